The average Bonchev–Trinajstić information content (AvgIpc) is 2.50. The quantitative estimate of drug-likeness (QED) is 0.836. The van der Waals surface area contributed by atoms with E-state index in [4.69, 9.17) is 0 Å². The zero-order chi connectivity index (χ0) is 15.4. The van der Waals surface area contributed by atoms with Crippen molar-refractivity contribution in [1.82, 2.24) is 5.32 Å². The van der Waals surface area contributed by atoms with E-state index in [0.29, 0.717) is 12.5 Å². The minimum Gasteiger partial charge on any atom is -0.465 e. The first-order valence-corrected chi connectivity index (χ1v) is 6.64. The molecular weight excluding hydrogens is 282 g/mol. The van der Waals surface area contributed by atoms with Gasteiger partial charge < -0.3 is 15.4 Å². The lowest BCUT2D eigenvalue weighted by Gasteiger charge is -2.22. The van der Waals surface area contributed by atoms with Gasteiger partial charge in [-0.25, -0.2) is 13.6 Å². The van der Waals surface area contributed by atoms with Crippen LogP contribution in [0.2, 0.25) is 0 Å². The Morgan fingerprint density at radius 1 is 1.29 bits per heavy atom. The van der Waals surface area contributed by atoms with Crippen molar-refractivity contribution >= 4 is 17.6 Å². The highest BCUT2D eigenvalue weighted by Crippen LogP contribution is 2.21. The van der Waals surface area contributed by atoms with Gasteiger partial charge in [-0.3, -0.25) is 4.79 Å². The van der Waals surface area contributed by atoms with Crippen molar-refractivity contribution < 1.29 is 23.1 Å². The van der Waals surface area contributed by atoms with E-state index in [2.05, 4.69) is 15.4 Å². The van der Waals surface area contributed by atoms with E-state index in [9.17, 15) is 18.4 Å². The molecule has 0 bridgehead atoms. The van der Waals surface area contributed by atoms with Crippen molar-refractivity contribution in [3.8, 4) is 0 Å². The fraction of sp³-hybridized carbons (Fsp3) is 0.429. The van der Waals surface area contributed by atoms with Crippen LogP contribution in [0.15, 0.2) is 12.1 Å². The molecule has 2 rings (SSSR count). The van der Waals surface area contributed by atoms with Crippen molar-refractivity contribution in [1.29, 1.82) is 0 Å². The molecule has 7 heteroatoms. The SMILES string of the molecule is COC(=O)c1cc(NC(=O)[C@H]2CCCCN2)c(F)cc1F. The second-order valence-electron chi connectivity index (χ2n) is 4.80. The van der Waals surface area contributed by atoms with Crippen LogP contribution in [0.5, 0.6) is 0 Å². The molecule has 21 heavy (non-hydrogen) atoms. The third-order valence-corrected chi connectivity index (χ3v) is 3.35. The van der Waals surface area contributed by atoms with E-state index in [1.165, 1.54) is 0 Å². The Morgan fingerprint density at radius 3 is 2.67 bits per heavy atom. The second-order valence-corrected chi connectivity index (χ2v) is 4.80. The molecule has 1 aliphatic rings. The van der Waals surface area contributed by atoms with Gasteiger partial charge in [-0.2, -0.15) is 0 Å². The van der Waals surface area contributed by atoms with Crippen LogP contribution in [0.3, 0.4) is 0 Å². The maximum absolute atomic E-state index is 13.7. The molecule has 1 amide bonds. The fourth-order valence-electron chi connectivity index (χ4n) is 2.21. The molecule has 0 radical (unpaired) electrons. The van der Waals surface area contributed by atoms with E-state index in [1.807, 2.05) is 0 Å². The summed E-state index contributed by atoms with van der Waals surface area (Å²) >= 11 is 0. The van der Waals surface area contributed by atoms with E-state index in [1.54, 1.807) is 0 Å². The zero-order valence-electron chi connectivity index (χ0n) is 11.5. The first-order chi connectivity index (χ1) is 10.0. The summed E-state index contributed by atoms with van der Waals surface area (Å²) in [6.07, 6.45) is 2.55. The molecule has 0 spiro atoms. The predicted molar refractivity (Wildman–Crippen MR) is 72.0 cm³/mol. The number of halogens is 2. The van der Waals surface area contributed by atoms with Crippen LogP contribution in [-0.4, -0.2) is 31.6 Å². The molecule has 114 valence electrons. The highest BCUT2D eigenvalue weighted by Gasteiger charge is 2.23. The number of piperidine rings is 1. The van der Waals surface area contributed by atoms with Crippen LogP contribution in [-0.2, 0) is 9.53 Å². The lowest BCUT2D eigenvalue weighted by atomic mass is 10.0. The van der Waals surface area contributed by atoms with Gasteiger partial charge >= 0.3 is 5.97 Å². The van der Waals surface area contributed by atoms with Crippen LogP contribution in [0.1, 0.15) is 29.6 Å². The monoisotopic (exact) mass is 298 g/mol. The third-order valence-electron chi connectivity index (χ3n) is 3.35. The van der Waals surface area contributed by atoms with Crippen molar-refractivity contribution in [2.75, 3.05) is 19.0 Å². The fourth-order valence-corrected chi connectivity index (χ4v) is 2.21. The highest BCUT2D eigenvalue weighted by molar-refractivity contribution is 5.97. The van der Waals surface area contributed by atoms with E-state index >= 15 is 0 Å². The van der Waals surface area contributed by atoms with Crippen molar-refractivity contribution in [2.45, 2.75) is 25.3 Å². The number of hydrogen-bond acceptors (Lipinski definition) is 4. The van der Waals surface area contributed by atoms with Gasteiger partial charge in [0.05, 0.1) is 24.4 Å². The first kappa shape index (κ1) is 15.4. The molecule has 1 aromatic carbocycles. The van der Waals surface area contributed by atoms with Gasteiger partial charge in [0.1, 0.15) is 11.6 Å². The van der Waals surface area contributed by atoms with Crippen molar-refractivity contribution in [3.05, 3.63) is 29.3 Å². The molecule has 5 nitrogen and oxygen atoms in total. The molecular formula is C14H16F2N2O3. The van der Waals surface area contributed by atoms with Crippen molar-refractivity contribution in [3.63, 3.8) is 0 Å². The van der Waals surface area contributed by atoms with Crippen LogP contribution >= 0.6 is 0 Å². The summed E-state index contributed by atoms with van der Waals surface area (Å²) in [4.78, 5) is 23.4. The Morgan fingerprint density at radius 2 is 2.05 bits per heavy atom. The predicted octanol–water partition coefficient (Wildman–Crippen LogP) is 1.83. The Bertz CT molecular complexity index is 557. The van der Waals surface area contributed by atoms with Gasteiger partial charge in [0, 0.05) is 6.07 Å². The summed E-state index contributed by atoms with van der Waals surface area (Å²) in [6.45, 7) is 0.720. The number of esters is 1. The number of carbonyl (C=O) groups is 2. The second kappa shape index (κ2) is 6.62. The van der Waals surface area contributed by atoms with Crippen molar-refractivity contribution in [2.24, 2.45) is 0 Å². The van der Waals surface area contributed by atoms with Gasteiger partial charge in [-0.1, -0.05) is 6.42 Å². The Kier molecular flexibility index (Phi) is 4.85. The van der Waals surface area contributed by atoms with Gasteiger partial charge in [0.2, 0.25) is 5.91 Å². The Hall–Kier alpha value is -2.02. The lowest BCUT2D eigenvalue weighted by molar-refractivity contribution is -0.118. The minimum absolute atomic E-state index is 0.242. The average molecular weight is 298 g/mol. The summed E-state index contributed by atoms with van der Waals surface area (Å²) in [6, 6.07) is 1.08. The summed E-state index contributed by atoms with van der Waals surface area (Å²) in [5.74, 6) is -3.31. The number of rotatable bonds is 3. The Labute approximate surface area is 120 Å². The molecule has 1 aliphatic heterocycles. The molecule has 0 saturated carbocycles. The number of anilines is 1. The molecule has 1 fully saturated rings. The number of benzene rings is 1. The molecule has 1 saturated heterocycles. The van der Waals surface area contributed by atoms with E-state index in [-0.39, 0.29) is 5.69 Å². The number of nitrogens with one attached hydrogen (secondary N) is 2. The summed E-state index contributed by atoms with van der Waals surface area (Å²) in [5.41, 5.74) is -0.667. The van der Waals surface area contributed by atoms with Gasteiger partial charge in [0.25, 0.3) is 0 Å². The van der Waals surface area contributed by atoms with Crippen LogP contribution in [0.4, 0.5) is 14.5 Å². The van der Waals surface area contributed by atoms with Crippen LogP contribution < -0.4 is 10.6 Å². The molecule has 1 aromatic rings. The molecule has 0 unspecified atom stereocenters. The van der Waals surface area contributed by atoms with Gasteiger partial charge in [-0.15, -0.1) is 0 Å². The summed E-state index contributed by atoms with van der Waals surface area (Å²) in [7, 11) is 1.09. The number of carbonyl (C=O) groups excluding carboxylic acids is 2. The Balaban J connectivity index is 2.18. The van der Waals surface area contributed by atoms with Crippen LogP contribution in [0.25, 0.3) is 0 Å². The standard InChI is InChI=1S/C14H16F2N2O3/c1-21-14(20)8-6-12(10(16)7-9(8)15)18-13(19)11-4-2-3-5-17-11/h6-7,11,17H,2-5H2,1H3,(H,18,19)/t11-/m1/s1. The van der Waals surface area contributed by atoms with E-state index < -0.39 is 35.1 Å². The molecule has 2 N–H and O–H groups in total. The highest BCUT2D eigenvalue weighted by atomic mass is 19.1. The number of amides is 1. The first-order valence-electron chi connectivity index (χ1n) is 6.64. The minimum atomic E-state index is -1.03. The lowest BCUT2D eigenvalue weighted by Crippen LogP contribution is -2.43. The normalized spacial score (nSPS) is 18.1. The topological polar surface area (TPSA) is 67.4 Å². The molecule has 1 heterocycles. The smallest absolute Gasteiger partial charge is 0.340 e. The largest absolute Gasteiger partial charge is 0.465 e. The van der Waals surface area contributed by atoms with Gasteiger partial charge in [0.15, 0.2) is 0 Å². The van der Waals surface area contributed by atoms with E-state index in [0.717, 1.165) is 32.6 Å². The zero-order valence-corrected chi connectivity index (χ0v) is 11.5. The summed E-state index contributed by atoms with van der Waals surface area (Å²) in [5, 5.41) is 5.39. The summed E-state index contributed by atoms with van der Waals surface area (Å²) < 4.78 is 31.6. The third kappa shape index (κ3) is 3.55. The number of hydrogen-bond donors (Lipinski definition) is 2. The number of methoxy groups -OCH3 is 1. The molecule has 0 aromatic heterocycles. The molecule has 0 aliphatic carbocycles. The maximum atomic E-state index is 13.7. The van der Waals surface area contributed by atoms with Gasteiger partial charge in [-0.05, 0) is 25.5 Å². The molecule has 1 atom stereocenters. The number of ether oxygens (including phenoxy) is 1. The van der Waals surface area contributed by atoms with Crippen LogP contribution in [0, 0.1) is 11.6 Å². The maximum Gasteiger partial charge on any atom is 0.340 e.